The zero-order chi connectivity index (χ0) is 20.4. The number of non-ortho nitro benzene ring substituents is 1. The van der Waals surface area contributed by atoms with Crippen LogP contribution in [0.1, 0.15) is 32.2 Å². The van der Waals surface area contributed by atoms with Crippen LogP contribution in [0.5, 0.6) is 0 Å². The third-order valence-electron chi connectivity index (χ3n) is 5.50. The fraction of sp³-hybridized carbons (Fsp3) is 0.381. The Morgan fingerprint density at radius 3 is 2.97 bits per heavy atom. The molecule has 1 aliphatic heterocycles. The first-order valence-corrected chi connectivity index (χ1v) is 9.87. The summed E-state index contributed by atoms with van der Waals surface area (Å²) in [6, 6.07) is 9.66. The topological polar surface area (TPSA) is 103 Å². The Hall–Kier alpha value is -3.13. The van der Waals surface area contributed by atoms with Crippen LogP contribution in [0.4, 0.5) is 5.69 Å². The van der Waals surface area contributed by atoms with Gasteiger partial charge >= 0.3 is 0 Å². The molecule has 0 amide bonds. The van der Waals surface area contributed by atoms with Crippen LogP contribution in [0.3, 0.4) is 0 Å². The molecule has 1 saturated heterocycles. The number of hydrogen-bond donors (Lipinski definition) is 1. The van der Waals surface area contributed by atoms with Gasteiger partial charge in [-0.15, -0.1) is 0 Å². The van der Waals surface area contributed by atoms with Gasteiger partial charge in [0.1, 0.15) is 11.2 Å². The molecule has 1 aliphatic rings. The highest BCUT2D eigenvalue weighted by Crippen LogP contribution is 2.28. The summed E-state index contributed by atoms with van der Waals surface area (Å²) in [6.45, 7) is 4.00. The highest BCUT2D eigenvalue weighted by molar-refractivity contribution is 5.90. The normalized spacial score (nSPS) is 17.9. The fourth-order valence-electron chi connectivity index (χ4n) is 4.06. The number of nitro groups is 1. The SMILES string of the molecule is CC(CC1CCCNC1)n1nc(-c2cccc([N+](=O)[O-])c2)c2ncccc2c1=O. The van der Waals surface area contributed by atoms with E-state index >= 15 is 0 Å². The van der Waals surface area contributed by atoms with Gasteiger partial charge in [0.05, 0.1) is 16.4 Å². The molecule has 4 rings (SSSR count). The molecule has 0 radical (unpaired) electrons. The van der Waals surface area contributed by atoms with Gasteiger partial charge in [-0.3, -0.25) is 19.9 Å². The van der Waals surface area contributed by atoms with Gasteiger partial charge in [-0.2, -0.15) is 5.10 Å². The third-order valence-corrected chi connectivity index (χ3v) is 5.50. The molecule has 1 fully saturated rings. The quantitative estimate of drug-likeness (QED) is 0.527. The lowest BCUT2D eigenvalue weighted by Crippen LogP contribution is -2.33. The summed E-state index contributed by atoms with van der Waals surface area (Å²) in [6.07, 6.45) is 4.73. The minimum atomic E-state index is -0.437. The van der Waals surface area contributed by atoms with E-state index in [4.69, 9.17) is 0 Å². The van der Waals surface area contributed by atoms with Crippen molar-refractivity contribution in [3.8, 4) is 11.3 Å². The second-order valence-electron chi connectivity index (χ2n) is 7.60. The van der Waals surface area contributed by atoms with Crippen LogP contribution in [0.15, 0.2) is 47.4 Å². The number of pyridine rings is 1. The summed E-state index contributed by atoms with van der Waals surface area (Å²) in [5.74, 6) is 0.498. The summed E-state index contributed by atoms with van der Waals surface area (Å²) in [5, 5.41) is 19.7. The number of hydrogen-bond acceptors (Lipinski definition) is 6. The van der Waals surface area contributed by atoms with Gasteiger partial charge in [0.2, 0.25) is 0 Å². The molecule has 8 heteroatoms. The molecule has 2 atom stereocenters. The molecular weight excluding hydrogens is 370 g/mol. The monoisotopic (exact) mass is 393 g/mol. The number of rotatable bonds is 5. The maximum Gasteiger partial charge on any atom is 0.276 e. The summed E-state index contributed by atoms with van der Waals surface area (Å²) >= 11 is 0. The Kier molecular flexibility index (Phi) is 5.35. The van der Waals surface area contributed by atoms with Crippen molar-refractivity contribution < 1.29 is 4.92 Å². The Labute approximate surface area is 167 Å². The van der Waals surface area contributed by atoms with Crippen molar-refractivity contribution in [3.05, 3.63) is 63.1 Å². The highest BCUT2D eigenvalue weighted by Gasteiger charge is 2.21. The second-order valence-corrected chi connectivity index (χ2v) is 7.60. The van der Waals surface area contributed by atoms with Crippen LogP contribution in [-0.2, 0) is 0 Å². The van der Waals surface area contributed by atoms with Crippen molar-refractivity contribution in [2.45, 2.75) is 32.2 Å². The highest BCUT2D eigenvalue weighted by atomic mass is 16.6. The molecule has 2 unspecified atom stereocenters. The maximum atomic E-state index is 13.1. The van der Waals surface area contributed by atoms with Crippen molar-refractivity contribution in [2.24, 2.45) is 5.92 Å². The maximum absolute atomic E-state index is 13.1. The van der Waals surface area contributed by atoms with Crippen molar-refractivity contribution in [1.29, 1.82) is 0 Å². The zero-order valence-electron chi connectivity index (χ0n) is 16.2. The van der Waals surface area contributed by atoms with Crippen molar-refractivity contribution >= 4 is 16.6 Å². The third kappa shape index (κ3) is 3.88. The predicted molar refractivity (Wildman–Crippen MR) is 111 cm³/mol. The van der Waals surface area contributed by atoms with Gasteiger partial charge < -0.3 is 5.32 Å². The van der Waals surface area contributed by atoms with Gasteiger partial charge in [0.15, 0.2) is 0 Å². The van der Waals surface area contributed by atoms with Gasteiger partial charge in [0.25, 0.3) is 11.2 Å². The Morgan fingerprint density at radius 2 is 2.21 bits per heavy atom. The summed E-state index contributed by atoms with van der Waals surface area (Å²) in [4.78, 5) is 28.2. The first-order valence-electron chi connectivity index (χ1n) is 9.87. The number of nitrogens with one attached hydrogen (secondary N) is 1. The molecule has 8 nitrogen and oxygen atoms in total. The number of piperidine rings is 1. The van der Waals surface area contributed by atoms with E-state index in [0.717, 1.165) is 32.4 Å². The molecule has 2 aromatic heterocycles. The molecule has 0 aliphatic carbocycles. The summed E-state index contributed by atoms with van der Waals surface area (Å²) < 4.78 is 1.52. The molecule has 3 heterocycles. The van der Waals surface area contributed by atoms with E-state index < -0.39 is 4.92 Å². The number of nitro benzene ring substituents is 1. The minimum Gasteiger partial charge on any atom is -0.316 e. The lowest BCUT2D eigenvalue weighted by molar-refractivity contribution is -0.384. The van der Waals surface area contributed by atoms with E-state index in [0.29, 0.717) is 28.1 Å². The molecule has 150 valence electrons. The number of aromatic nitrogens is 3. The van der Waals surface area contributed by atoms with E-state index in [-0.39, 0.29) is 17.3 Å². The number of benzene rings is 1. The van der Waals surface area contributed by atoms with Crippen LogP contribution in [0.25, 0.3) is 22.2 Å². The number of nitrogens with zero attached hydrogens (tertiary/aromatic N) is 4. The van der Waals surface area contributed by atoms with Gasteiger partial charge in [-0.1, -0.05) is 12.1 Å². The van der Waals surface area contributed by atoms with E-state index in [9.17, 15) is 14.9 Å². The first kappa shape index (κ1) is 19.2. The lowest BCUT2D eigenvalue weighted by atomic mass is 9.93. The molecular formula is C21H23N5O3. The Balaban J connectivity index is 1.82. The van der Waals surface area contributed by atoms with Crippen molar-refractivity contribution in [1.82, 2.24) is 20.1 Å². The fourth-order valence-corrected chi connectivity index (χ4v) is 4.06. The minimum absolute atomic E-state index is 0.0209. The van der Waals surface area contributed by atoms with Crippen LogP contribution < -0.4 is 10.9 Å². The second kappa shape index (κ2) is 8.08. The molecule has 0 bridgehead atoms. The van der Waals surface area contributed by atoms with Crippen molar-refractivity contribution in [2.75, 3.05) is 13.1 Å². The van der Waals surface area contributed by atoms with E-state index in [1.54, 1.807) is 30.5 Å². The van der Waals surface area contributed by atoms with Crippen molar-refractivity contribution in [3.63, 3.8) is 0 Å². The number of fused-ring (bicyclic) bond motifs is 1. The van der Waals surface area contributed by atoms with Crippen LogP contribution in [0.2, 0.25) is 0 Å². The summed E-state index contributed by atoms with van der Waals surface area (Å²) in [7, 11) is 0. The Bertz CT molecular complexity index is 1100. The lowest BCUT2D eigenvalue weighted by Gasteiger charge is -2.26. The predicted octanol–water partition coefficient (Wildman–Crippen LogP) is 3.32. The van der Waals surface area contributed by atoms with Crippen LogP contribution >= 0.6 is 0 Å². The molecule has 1 aromatic carbocycles. The van der Waals surface area contributed by atoms with Crippen LogP contribution in [0, 0.1) is 16.0 Å². The van der Waals surface area contributed by atoms with E-state index in [1.807, 2.05) is 6.92 Å². The average Bonchev–Trinajstić information content (AvgIpc) is 2.75. The van der Waals surface area contributed by atoms with Crippen LogP contribution in [-0.4, -0.2) is 32.8 Å². The first-order chi connectivity index (χ1) is 14.0. The molecule has 3 aromatic rings. The molecule has 0 saturated carbocycles. The largest absolute Gasteiger partial charge is 0.316 e. The van der Waals surface area contributed by atoms with E-state index in [2.05, 4.69) is 15.4 Å². The average molecular weight is 393 g/mol. The standard InChI is InChI=1S/C21H23N5O3/c1-14(11-15-5-3-9-22-13-15)25-21(27)18-8-4-10-23-20(18)19(24-25)16-6-2-7-17(12-16)26(28)29/h2,4,6-8,10,12,14-15,22H,3,5,9,11,13H2,1H3. The summed E-state index contributed by atoms with van der Waals surface area (Å²) in [5.41, 5.74) is 1.31. The van der Waals surface area contributed by atoms with Gasteiger partial charge in [-0.05, 0) is 57.3 Å². The molecule has 0 spiro atoms. The van der Waals surface area contributed by atoms with E-state index in [1.165, 1.54) is 16.8 Å². The van der Waals surface area contributed by atoms with Gasteiger partial charge in [0, 0.05) is 23.9 Å². The molecule has 29 heavy (non-hydrogen) atoms. The smallest absolute Gasteiger partial charge is 0.276 e. The zero-order valence-corrected chi connectivity index (χ0v) is 16.2. The van der Waals surface area contributed by atoms with Gasteiger partial charge in [-0.25, -0.2) is 4.68 Å². The Morgan fingerprint density at radius 1 is 1.34 bits per heavy atom. The molecule has 1 N–H and O–H groups in total.